The van der Waals surface area contributed by atoms with Crippen molar-refractivity contribution in [2.75, 3.05) is 6.54 Å². The van der Waals surface area contributed by atoms with Gasteiger partial charge in [-0.15, -0.1) is 0 Å². The van der Waals surface area contributed by atoms with E-state index >= 15 is 0 Å². The zero-order chi connectivity index (χ0) is 17.1. The number of hydrazine groups is 1. The summed E-state index contributed by atoms with van der Waals surface area (Å²) in [6.45, 7) is 2.06. The van der Waals surface area contributed by atoms with Gasteiger partial charge in [0, 0.05) is 13.5 Å². The van der Waals surface area contributed by atoms with E-state index in [1.165, 1.54) is 16.9 Å². The molecule has 2 fully saturated rings. The van der Waals surface area contributed by atoms with Crippen LogP contribution in [0.2, 0.25) is 0 Å². The molecule has 2 aliphatic rings. The molecule has 8 nitrogen and oxygen atoms in total. The first-order chi connectivity index (χ1) is 11.6. The molecule has 3 rings (SSSR count). The number of hydroxylamine groups is 2. The van der Waals surface area contributed by atoms with Gasteiger partial charge in [-0.25, -0.2) is 4.79 Å². The first-order valence-electron chi connectivity index (χ1n) is 7.89. The van der Waals surface area contributed by atoms with Crippen LogP contribution in [0.15, 0.2) is 30.3 Å². The van der Waals surface area contributed by atoms with Crippen LogP contribution in [-0.2, 0) is 21.0 Å². The Morgan fingerprint density at radius 2 is 1.96 bits per heavy atom. The summed E-state index contributed by atoms with van der Waals surface area (Å²) < 4.78 is 0. The van der Waals surface area contributed by atoms with Crippen molar-refractivity contribution in [3.8, 4) is 0 Å². The van der Waals surface area contributed by atoms with Crippen LogP contribution in [0.5, 0.6) is 0 Å². The molecule has 4 amide bonds. The number of rotatable bonds is 4. The highest BCUT2D eigenvalue weighted by Gasteiger charge is 2.47. The Hall–Kier alpha value is -2.61. The number of carbonyl (C=O) groups is 3. The summed E-state index contributed by atoms with van der Waals surface area (Å²) in [7, 11) is 0. The van der Waals surface area contributed by atoms with E-state index in [9.17, 15) is 14.4 Å². The molecule has 0 spiro atoms. The Morgan fingerprint density at radius 1 is 1.21 bits per heavy atom. The summed E-state index contributed by atoms with van der Waals surface area (Å²) in [6, 6.07) is 8.64. The number of urea groups is 1. The molecular formula is C16H20N4O4. The van der Waals surface area contributed by atoms with Gasteiger partial charge in [0.15, 0.2) is 0 Å². The number of nitrogens with zero attached hydrogens (tertiary/aromatic N) is 2. The SMILES string of the molecule is CC(=O)NNC(=O)C1CC[C@@H]2CN1C(=O)N2OCc1ccccc1. The zero-order valence-electron chi connectivity index (χ0n) is 13.4. The predicted octanol–water partition coefficient (Wildman–Crippen LogP) is 0.554. The lowest BCUT2D eigenvalue weighted by Crippen LogP contribution is -2.53. The molecule has 128 valence electrons. The third-order valence-corrected chi connectivity index (χ3v) is 4.20. The van der Waals surface area contributed by atoms with Gasteiger partial charge in [0.2, 0.25) is 5.91 Å². The molecule has 1 aromatic rings. The van der Waals surface area contributed by atoms with E-state index in [4.69, 9.17) is 4.84 Å². The van der Waals surface area contributed by atoms with E-state index in [-0.39, 0.29) is 23.9 Å². The van der Waals surface area contributed by atoms with Gasteiger partial charge in [0.1, 0.15) is 12.6 Å². The van der Waals surface area contributed by atoms with E-state index in [1.807, 2.05) is 30.3 Å². The summed E-state index contributed by atoms with van der Waals surface area (Å²) in [5.74, 6) is -0.750. The van der Waals surface area contributed by atoms with Crippen LogP contribution in [0.3, 0.4) is 0 Å². The molecule has 0 aliphatic carbocycles. The molecule has 1 aromatic carbocycles. The first-order valence-corrected chi connectivity index (χ1v) is 7.89. The third kappa shape index (κ3) is 3.33. The molecule has 1 unspecified atom stereocenters. The predicted molar refractivity (Wildman–Crippen MR) is 83.9 cm³/mol. The van der Waals surface area contributed by atoms with Gasteiger partial charge in [-0.05, 0) is 18.4 Å². The molecule has 2 atom stereocenters. The Kier molecular flexibility index (Phi) is 4.66. The maximum atomic E-state index is 12.5. The zero-order valence-corrected chi connectivity index (χ0v) is 13.4. The summed E-state index contributed by atoms with van der Waals surface area (Å²) in [4.78, 5) is 42.7. The second-order valence-corrected chi connectivity index (χ2v) is 5.94. The molecule has 2 heterocycles. The van der Waals surface area contributed by atoms with E-state index in [2.05, 4.69) is 10.9 Å². The number of carbonyl (C=O) groups excluding carboxylic acids is 3. The van der Waals surface area contributed by atoms with Crippen LogP contribution in [0.4, 0.5) is 4.79 Å². The van der Waals surface area contributed by atoms with Gasteiger partial charge in [0.05, 0.1) is 6.04 Å². The lowest BCUT2D eigenvalue weighted by atomic mass is 10.0. The van der Waals surface area contributed by atoms with Crippen molar-refractivity contribution < 1.29 is 19.2 Å². The largest absolute Gasteiger partial charge is 0.345 e. The summed E-state index contributed by atoms with van der Waals surface area (Å²) in [6.07, 6.45) is 1.21. The number of hydrogen-bond acceptors (Lipinski definition) is 4. The van der Waals surface area contributed by atoms with Gasteiger partial charge in [-0.3, -0.25) is 25.3 Å². The monoisotopic (exact) mass is 332 g/mol. The minimum Gasteiger partial charge on any atom is -0.309 e. The first kappa shape index (κ1) is 16.3. The molecule has 0 radical (unpaired) electrons. The Morgan fingerprint density at radius 3 is 2.67 bits per heavy atom. The van der Waals surface area contributed by atoms with E-state index in [1.54, 1.807) is 0 Å². The van der Waals surface area contributed by atoms with E-state index < -0.39 is 6.04 Å². The lowest BCUT2D eigenvalue weighted by Gasteiger charge is -2.29. The van der Waals surface area contributed by atoms with Gasteiger partial charge in [-0.2, -0.15) is 5.06 Å². The maximum absolute atomic E-state index is 12.5. The number of amides is 4. The smallest absolute Gasteiger partial charge is 0.309 e. The number of piperidine rings is 1. The fourth-order valence-electron chi connectivity index (χ4n) is 3.02. The second kappa shape index (κ2) is 6.88. The van der Waals surface area contributed by atoms with Crippen molar-refractivity contribution >= 4 is 17.8 Å². The van der Waals surface area contributed by atoms with Crippen molar-refractivity contribution in [1.82, 2.24) is 20.8 Å². The second-order valence-electron chi connectivity index (χ2n) is 5.94. The quantitative estimate of drug-likeness (QED) is 0.788. The highest BCUT2D eigenvalue weighted by atomic mass is 16.7. The molecule has 2 aliphatic heterocycles. The molecule has 0 saturated carbocycles. The van der Waals surface area contributed by atoms with Crippen molar-refractivity contribution in [2.24, 2.45) is 0 Å². The number of benzene rings is 1. The third-order valence-electron chi connectivity index (χ3n) is 4.20. The molecule has 2 saturated heterocycles. The summed E-state index contributed by atoms with van der Waals surface area (Å²) in [5, 5.41) is 1.37. The van der Waals surface area contributed by atoms with Crippen LogP contribution < -0.4 is 10.9 Å². The fraction of sp³-hybridized carbons (Fsp3) is 0.438. The Balaban J connectivity index is 1.60. The average Bonchev–Trinajstić information content (AvgIpc) is 2.83. The molecule has 0 aromatic heterocycles. The van der Waals surface area contributed by atoms with Crippen molar-refractivity contribution in [3.63, 3.8) is 0 Å². The van der Waals surface area contributed by atoms with Crippen LogP contribution in [0.1, 0.15) is 25.3 Å². The molecule has 24 heavy (non-hydrogen) atoms. The van der Waals surface area contributed by atoms with Gasteiger partial charge in [0.25, 0.3) is 5.91 Å². The average molecular weight is 332 g/mol. The Bertz CT molecular complexity index is 636. The number of nitrogens with one attached hydrogen (secondary N) is 2. The number of hydrogen-bond donors (Lipinski definition) is 2. The molecular weight excluding hydrogens is 312 g/mol. The highest BCUT2D eigenvalue weighted by Crippen LogP contribution is 2.30. The number of fused-ring (bicyclic) bond motifs is 2. The maximum Gasteiger partial charge on any atom is 0.345 e. The minimum atomic E-state index is -0.592. The van der Waals surface area contributed by atoms with Crippen LogP contribution in [0.25, 0.3) is 0 Å². The van der Waals surface area contributed by atoms with E-state index in [0.717, 1.165) is 5.56 Å². The summed E-state index contributed by atoms with van der Waals surface area (Å²) in [5.41, 5.74) is 5.56. The molecule has 8 heteroatoms. The van der Waals surface area contributed by atoms with Crippen LogP contribution >= 0.6 is 0 Å². The van der Waals surface area contributed by atoms with Gasteiger partial charge >= 0.3 is 6.03 Å². The topological polar surface area (TPSA) is 91.0 Å². The molecule has 2 N–H and O–H groups in total. The lowest BCUT2D eigenvalue weighted by molar-refractivity contribution is -0.140. The standard InChI is InChI=1S/C16H20N4O4/c1-11(21)17-18-15(22)14-8-7-13-9-19(14)16(23)20(13)24-10-12-5-3-2-4-6-12/h2-6,13-14H,7-10H2,1H3,(H,17,21)(H,18,22)/t13-,14?/m1/s1. The highest BCUT2D eigenvalue weighted by molar-refractivity contribution is 5.89. The van der Waals surface area contributed by atoms with Gasteiger partial charge in [-0.1, -0.05) is 30.3 Å². The van der Waals surface area contributed by atoms with Crippen LogP contribution in [0, 0.1) is 0 Å². The van der Waals surface area contributed by atoms with E-state index in [0.29, 0.717) is 26.0 Å². The van der Waals surface area contributed by atoms with Crippen LogP contribution in [-0.4, -0.2) is 46.4 Å². The minimum absolute atomic E-state index is 0.0500. The van der Waals surface area contributed by atoms with Crippen molar-refractivity contribution in [2.45, 2.75) is 38.5 Å². The van der Waals surface area contributed by atoms with Crippen molar-refractivity contribution in [3.05, 3.63) is 35.9 Å². The normalized spacial score (nSPS) is 22.5. The Labute approximate surface area is 139 Å². The van der Waals surface area contributed by atoms with Crippen molar-refractivity contribution in [1.29, 1.82) is 0 Å². The molecule has 2 bridgehead atoms. The fourth-order valence-corrected chi connectivity index (χ4v) is 3.02. The van der Waals surface area contributed by atoms with Gasteiger partial charge < -0.3 is 4.90 Å². The summed E-state index contributed by atoms with van der Waals surface area (Å²) >= 11 is 0.